The molecule has 0 heterocycles. The Balaban J connectivity index is 2.88. The highest BCUT2D eigenvalue weighted by Gasteiger charge is 2.17. The number of hydrogen-bond donors (Lipinski definition) is 0. The molecule has 0 saturated heterocycles. The van der Waals surface area contributed by atoms with Crippen LogP contribution in [-0.4, -0.2) is 51.9 Å². The Morgan fingerprint density at radius 1 is 1.42 bits per heavy atom. The van der Waals surface area contributed by atoms with Gasteiger partial charge in [-0.3, -0.25) is 4.79 Å². The smallest absolute Gasteiger partial charge is 0.257 e. The number of hydrogen-bond acceptors (Lipinski definition) is 4. The fourth-order valence-corrected chi connectivity index (χ4v) is 2.40. The normalized spacial score (nSPS) is 11.2. The van der Waals surface area contributed by atoms with Crippen LogP contribution in [-0.2, 0) is 9.84 Å². The summed E-state index contributed by atoms with van der Waals surface area (Å²) in [7, 11) is -0.0443. The first kappa shape index (κ1) is 16.0. The molecule has 0 radical (unpaired) electrons. The molecule has 1 aromatic rings. The van der Waals surface area contributed by atoms with Gasteiger partial charge in [0.2, 0.25) is 0 Å². The lowest BCUT2D eigenvalue weighted by Crippen LogP contribution is -2.31. The van der Waals surface area contributed by atoms with Gasteiger partial charge in [-0.05, 0) is 18.2 Å². The van der Waals surface area contributed by atoms with Crippen LogP contribution in [0.4, 0.5) is 0 Å². The van der Waals surface area contributed by atoms with Gasteiger partial charge in [-0.2, -0.15) is 0 Å². The summed E-state index contributed by atoms with van der Waals surface area (Å²) in [5.74, 6) is 0.118. The molecular formula is C12H16BrNO4S. The lowest BCUT2D eigenvalue weighted by atomic mass is 10.2. The minimum Gasteiger partial charge on any atom is -0.496 e. The van der Waals surface area contributed by atoms with E-state index in [1.165, 1.54) is 12.0 Å². The Kier molecular flexibility index (Phi) is 5.37. The second-order valence-electron chi connectivity index (χ2n) is 4.20. The van der Waals surface area contributed by atoms with Crippen LogP contribution in [0.3, 0.4) is 0 Å². The molecule has 0 aromatic heterocycles. The highest BCUT2D eigenvalue weighted by molar-refractivity contribution is 9.10. The highest BCUT2D eigenvalue weighted by atomic mass is 79.9. The number of rotatable bonds is 5. The lowest BCUT2D eigenvalue weighted by molar-refractivity contribution is 0.0800. The zero-order valence-electron chi connectivity index (χ0n) is 11.0. The van der Waals surface area contributed by atoms with E-state index in [0.717, 1.165) is 10.7 Å². The van der Waals surface area contributed by atoms with Gasteiger partial charge in [-0.1, -0.05) is 15.9 Å². The predicted octanol–water partition coefficient (Wildman–Crippen LogP) is 1.57. The number of halogens is 1. The van der Waals surface area contributed by atoms with Crippen LogP contribution in [0.2, 0.25) is 0 Å². The summed E-state index contributed by atoms with van der Waals surface area (Å²) < 4.78 is 28.1. The number of methoxy groups -OCH3 is 1. The van der Waals surface area contributed by atoms with E-state index in [1.807, 2.05) is 0 Å². The van der Waals surface area contributed by atoms with E-state index < -0.39 is 9.84 Å². The van der Waals surface area contributed by atoms with Crippen LogP contribution in [0.15, 0.2) is 22.7 Å². The van der Waals surface area contributed by atoms with Gasteiger partial charge < -0.3 is 9.64 Å². The molecule has 0 aliphatic rings. The molecule has 0 N–H and O–H groups in total. The molecular weight excluding hydrogens is 334 g/mol. The van der Waals surface area contributed by atoms with Crippen LogP contribution in [0.1, 0.15) is 10.4 Å². The Labute approximate surface area is 121 Å². The molecule has 0 unspecified atom stereocenters. The standard InChI is InChI=1S/C12H16BrNO4S/c1-14(6-7-19(3,16)17)12(15)10-5-4-9(13)8-11(10)18-2/h4-5,8H,6-7H2,1-3H3. The topological polar surface area (TPSA) is 63.7 Å². The SMILES string of the molecule is COc1cc(Br)ccc1C(=O)N(C)CCS(C)(=O)=O. The highest BCUT2D eigenvalue weighted by Crippen LogP contribution is 2.24. The van der Waals surface area contributed by atoms with Crippen LogP contribution in [0.25, 0.3) is 0 Å². The summed E-state index contributed by atoms with van der Waals surface area (Å²) in [4.78, 5) is 13.6. The molecule has 0 aliphatic heterocycles. The first-order valence-corrected chi connectivity index (χ1v) is 8.36. The number of benzene rings is 1. The first-order valence-electron chi connectivity index (χ1n) is 5.51. The molecule has 0 aliphatic carbocycles. The van der Waals surface area contributed by atoms with Crippen molar-refractivity contribution < 1.29 is 17.9 Å². The second-order valence-corrected chi connectivity index (χ2v) is 7.38. The van der Waals surface area contributed by atoms with Crippen molar-refractivity contribution in [3.05, 3.63) is 28.2 Å². The molecule has 19 heavy (non-hydrogen) atoms. The summed E-state index contributed by atoms with van der Waals surface area (Å²) in [5, 5.41) is 0. The second kappa shape index (κ2) is 6.38. The van der Waals surface area contributed by atoms with Crippen molar-refractivity contribution >= 4 is 31.7 Å². The van der Waals surface area contributed by atoms with Gasteiger partial charge in [0.15, 0.2) is 0 Å². The summed E-state index contributed by atoms with van der Waals surface area (Å²) in [6, 6.07) is 5.07. The van der Waals surface area contributed by atoms with Crippen molar-refractivity contribution in [2.24, 2.45) is 0 Å². The summed E-state index contributed by atoms with van der Waals surface area (Å²) >= 11 is 3.30. The molecule has 0 spiro atoms. The van der Waals surface area contributed by atoms with E-state index in [2.05, 4.69) is 15.9 Å². The maximum atomic E-state index is 12.2. The average molecular weight is 350 g/mol. The summed E-state index contributed by atoms with van der Waals surface area (Å²) in [6.07, 6.45) is 1.14. The fraction of sp³-hybridized carbons (Fsp3) is 0.417. The van der Waals surface area contributed by atoms with Gasteiger partial charge in [0.25, 0.3) is 5.91 Å². The minimum absolute atomic E-state index is 0.0614. The quantitative estimate of drug-likeness (QED) is 0.809. The Morgan fingerprint density at radius 3 is 2.58 bits per heavy atom. The third-order valence-electron chi connectivity index (χ3n) is 2.54. The van der Waals surface area contributed by atoms with Gasteiger partial charge in [0.1, 0.15) is 15.6 Å². The molecule has 0 fully saturated rings. The average Bonchev–Trinajstić information content (AvgIpc) is 2.34. The van der Waals surface area contributed by atoms with E-state index in [4.69, 9.17) is 4.74 Å². The predicted molar refractivity (Wildman–Crippen MR) is 77.4 cm³/mol. The molecule has 106 valence electrons. The Bertz CT molecular complexity index is 571. The largest absolute Gasteiger partial charge is 0.496 e. The van der Waals surface area contributed by atoms with E-state index in [0.29, 0.717) is 11.3 Å². The number of sulfone groups is 1. The monoisotopic (exact) mass is 349 g/mol. The molecule has 1 amide bonds. The van der Waals surface area contributed by atoms with Crippen LogP contribution in [0.5, 0.6) is 5.75 Å². The molecule has 0 atom stereocenters. The van der Waals surface area contributed by atoms with E-state index >= 15 is 0 Å². The molecule has 5 nitrogen and oxygen atoms in total. The third kappa shape index (κ3) is 4.83. The van der Waals surface area contributed by atoms with Gasteiger partial charge in [0.05, 0.1) is 18.4 Å². The lowest BCUT2D eigenvalue weighted by Gasteiger charge is -2.18. The van der Waals surface area contributed by atoms with Crippen molar-refractivity contribution in [1.82, 2.24) is 4.90 Å². The van der Waals surface area contributed by atoms with E-state index in [1.54, 1.807) is 25.2 Å². The van der Waals surface area contributed by atoms with Crippen molar-refractivity contribution in [3.63, 3.8) is 0 Å². The zero-order chi connectivity index (χ0) is 14.6. The fourth-order valence-electron chi connectivity index (χ4n) is 1.45. The third-order valence-corrected chi connectivity index (χ3v) is 3.96. The van der Waals surface area contributed by atoms with Crippen molar-refractivity contribution in [3.8, 4) is 5.75 Å². The van der Waals surface area contributed by atoms with Crippen LogP contribution < -0.4 is 4.74 Å². The molecule has 7 heteroatoms. The number of carbonyl (C=O) groups is 1. The van der Waals surface area contributed by atoms with Crippen molar-refractivity contribution in [1.29, 1.82) is 0 Å². The number of nitrogens with zero attached hydrogens (tertiary/aromatic N) is 1. The number of ether oxygens (including phenoxy) is 1. The van der Waals surface area contributed by atoms with Crippen LogP contribution in [0, 0.1) is 0 Å². The van der Waals surface area contributed by atoms with E-state index in [9.17, 15) is 13.2 Å². The van der Waals surface area contributed by atoms with Crippen molar-refractivity contribution in [2.75, 3.05) is 32.7 Å². The molecule has 0 bridgehead atoms. The maximum Gasteiger partial charge on any atom is 0.257 e. The van der Waals surface area contributed by atoms with Gasteiger partial charge in [0, 0.05) is 24.3 Å². The van der Waals surface area contributed by atoms with Gasteiger partial charge >= 0.3 is 0 Å². The number of amides is 1. The Hall–Kier alpha value is -1.08. The Morgan fingerprint density at radius 2 is 2.05 bits per heavy atom. The molecule has 1 aromatic carbocycles. The van der Waals surface area contributed by atoms with Crippen molar-refractivity contribution in [2.45, 2.75) is 0 Å². The molecule has 0 saturated carbocycles. The van der Waals surface area contributed by atoms with Gasteiger partial charge in [-0.25, -0.2) is 8.42 Å². The van der Waals surface area contributed by atoms with E-state index in [-0.39, 0.29) is 18.2 Å². The first-order chi connectivity index (χ1) is 8.74. The summed E-state index contributed by atoms with van der Waals surface area (Å²) in [6.45, 7) is 0.150. The minimum atomic E-state index is -3.09. The number of carbonyl (C=O) groups excluding carboxylic acids is 1. The van der Waals surface area contributed by atoms with Gasteiger partial charge in [-0.15, -0.1) is 0 Å². The molecule has 1 rings (SSSR count). The zero-order valence-corrected chi connectivity index (χ0v) is 13.4. The summed E-state index contributed by atoms with van der Waals surface area (Å²) in [5.41, 5.74) is 0.404. The van der Waals surface area contributed by atoms with Crippen LogP contribution >= 0.6 is 15.9 Å². The maximum absolute atomic E-state index is 12.2.